The summed E-state index contributed by atoms with van der Waals surface area (Å²) in [4.78, 5) is 28.6. The first-order valence-electron chi connectivity index (χ1n) is 7.43. The van der Waals surface area contributed by atoms with Crippen LogP contribution in [0.25, 0.3) is 0 Å². The van der Waals surface area contributed by atoms with E-state index in [9.17, 15) is 9.59 Å². The second-order valence-electron chi connectivity index (χ2n) is 5.21. The van der Waals surface area contributed by atoms with Crippen molar-refractivity contribution in [3.63, 3.8) is 0 Å². The quantitative estimate of drug-likeness (QED) is 0.805. The first-order valence-corrected chi connectivity index (χ1v) is 8.19. The number of rotatable bonds is 6. The Balaban J connectivity index is 2.02. The summed E-state index contributed by atoms with van der Waals surface area (Å²) in [7, 11) is 1.39. The predicted molar refractivity (Wildman–Crippen MR) is 96.0 cm³/mol. The maximum absolute atomic E-state index is 12.5. The molecule has 1 heterocycles. The molecule has 0 radical (unpaired) electrons. The van der Waals surface area contributed by atoms with Crippen LogP contribution in [-0.2, 0) is 11.3 Å². The van der Waals surface area contributed by atoms with Gasteiger partial charge in [0, 0.05) is 18.9 Å². The van der Waals surface area contributed by atoms with Crippen molar-refractivity contribution >= 4 is 35.0 Å². The molecule has 2 rings (SSSR count). The van der Waals surface area contributed by atoms with Crippen molar-refractivity contribution in [3.8, 4) is 5.75 Å². The molecule has 0 bridgehead atoms. The number of amides is 2. The summed E-state index contributed by atoms with van der Waals surface area (Å²) in [5.41, 5.74) is 0.942. The van der Waals surface area contributed by atoms with Gasteiger partial charge >= 0.3 is 0 Å². The van der Waals surface area contributed by atoms with Gasteiger partial charge in [-0.3, -0.25) is 14.6 Å². The highest BCUT2D eigenvalue weighted by Gasteiger charge is 2.23. The van der Waals surface area contributed by atoms with Gasteiger partial charge in [0.15, 0.2) is 5.75 Å². The molecular formula is C17H17Cl2N3O3. The number of nitrogens with one attached hydrogen (secondary N) is 2. The summed E-state index contributed by atoms with van der Waals surface area (Å²) in [6.07, 6.45) is 3.30. The smallest absolute Gasteiger partial charge is 0.257 e. The van der Waals surface area contributed by atoms with E-state index in [0.29, 0.717) is 6.54 Å². The number of ether oxygens (including phenoxy) is 1. The lowest BCUT2D eigenvalue weighted by Gasteiger charge is -2.16. The van der Waals surface area contributed by atoms with E-state index in [1.165, 1.54) is 19.2 Å². The molecule has 0 aliphatic rings. The molecule has 1 aromatic heterocycles. The molecule has 1 aromatic carbocycles. The summed E-state index contributed by atoms with van der Waals surface area (Å²) in [5, 5.41) is 5.75. The van der Waals surface area contributed by atoms with E-state index in [4.69, 9.17) is 27.9 Å². The maximum Gasteiger partial charge on any atom is 0.257 e. The molecule has 0 saturated heterocycles. The van der Waals surface area contributed by atoms with Crippen LogP contribution in [0.4, 0.5) is 0 Å². The first kappa shape index (κ1) is 19.0. The molecule has 25 heavy (non-hydrogen) atoms. The molecule has 2 amide bonds. The first-order chi connectivity index (χ1) is 11.9. The second kappa shape index (κ2) is 8.69. The van der Waals surface area contributed by atoms with Crippen molar-refractivity contribution in [2.75, 3.05) is 7.11 Å². The molecule has 1 atom stereocenters. The number of aromatic nitrogens is 1. The van der Waals surface area contributed by atoms with Gasteiger partial charge in [-0.15, -0.1) is 0 Å². The van der Waals surface area contributed by atoms with Gasteiger partial charge in [-0.1, -0.05) is 29.3 Å². The lowest BCUT2D eigenvalue weighted by atomic mass is 10.1. The molecule has 2 aromatic rings. The highest BCUT2D eigenvalue weighted by atomic mass is 35.5. The Bertz CT molecular complexity index is 769. The third kappa shape index (κ3) is 4.84. The van der Waals surface area contributed by atoms with Crippen molar-refractivity contribution < 1.29 is 14.3 Å². The number of halogens is 2. The number of carbonyl (C=O) groups excluding carboxylic acids is 2. The molecule has 0 saturated carbocycles. The van der Waals surface area contributed by atoms with E-state index in [0.717, 1.165) is 5.56 Å². The van der Waals surface area contributed by atoms with E-state index < -0.39 is 11.9 Å². The Morgan fingerprint density at radius 1 is 1.24 bits per heavy atom. The fourth-order valence-electron chi connectivity index (χ4n) is 2.12. The molecule has 0 spiro atoms. The predicted octanol–water partition coefficient (Wildman–Crippen LogP) is 2.83. The van der Waals surface area contributed by atoms with Crippen LogP contribution in [0, 0.1) is 0 Å². The van der Waals surface area contributed by atoms with Crippen LogP contribution >= 0.6 is 23.2 Å². The Morgan fingerprint density at radius 3 is 2.60 bits per heavy atom. The number of methoxy groups -OCH3 is 1. The SMILES string of the molecule is COc1c(Cl)ccc(Cl)c1C(=O)N[C@@H](C)C(=O)NCc1cccnc1. The fraction of sp³-hybridized carbons (Fsp3) is 0.235. The lowest BCUT2D eigenvalue weighted by molar-refractivity contribution is -0.122. The molecule has 2 N–H and O–H groups in total. The zero-order valence-corrected chi connectivity index (χ0v) is 15.2. The summed E-state index contributed by atoms with van der Waals surface area (Å²) < 4.78 is 5.14. The van der Waals surface area contributed by atoms with Crippen LogP contribution in [0.15, 0.2) is 36.7 Å². The van der Waals surface area contributed by atoms with Gasteiger partial charge < -0.3 is 15.4 Å². The number of hydrogen-bond donors (Lipinski definition) is 2. The van der Waals surface area contributed by atoms with Crippen LogP contribution in [-0.4, -0.2) is 29.9 Å². The van der Waals surface area contributed by atoms with E-state index in [1.807, 2.05) is 6.07 Å². The topological polar surface area (TPSA) is 80.3 Å². The van der Waals surface area contributed by atoms with Crippen molar-refractivity contribution in [3.05, 3.63) is 57.8 Å². The van der Waals surface area contributed by atoms with Crippen LogP contribution in [0.1, 0.15) is 22.8 Å². The average molecular weight is 382 g/mol. The molecular weight excluding hydrogens is 365 g/mol. The Kier molecular flexibility index (Phi) is 6.61. The zero-order chi connectivity index (χ0) is 18.4. The lowest BCUT2D eigenvalue weighted by Crippen LogP contribution is -2.44. The van der Waals surface area contributed by atoms with Gasteiger partial charge in [-0.2, -0.15) is 0 Å². The van der Waals surface area contributed by atoms with E-state index in [-0.39, 0.29) is 27.3 Å². The number of benzene rings is 1. The third-order valence-corrected chi connectivity index (χ3v) is 4.03. The summed E-state index contributed by atoms with van der Waals surface area (Å²) in [6.45, 7) is 1.88. The number of pyridine rings is 1. The minimum atomic E-state index is -0.774. The standard InChI is InChI=1S/C17H17Cl2N3O3/c1-10(16(23)21-9-11-4-3-7-20-8-11)22-17(24)14-12(18)5-6-13(19)15(14)25-2/h3-8,10H,9H2,1-2H3,(H,21,23)(H,22,24)/t10-/m0/s1. The van der Waals surface area contributed by atoms with Crippen LogP contribution in [0.2, 0.25) is 10.0 Å². The van der Waals surface area contributed by atoms with Crippen molar-refractivity contribution in [2.24, 2.45) is 0 Å². The van der Waals surface area contributed by atoms with Gasteiger partial charge in [-0.25, -0.2) is 0 Å². The van der Waals surface area contributed by atoms with E-state index in [2.05, 4.69) is 15.6 Å². The van der Waals surface area contributed by atoms with Crippen molar-refractivity contribution in [1.29, 1.82) is 0 Å². The normalized spacial score (nSPS) is 11.5. The van der Waals surface area contributed by atoms with Crippen LogP contribution < -0.4 is 15.4 Å². The van der Waals surface area contributed by atoms with Gasteiger partial charge in [0.1, 0.15) is 11.6 Å². The van der Waals surface area contributed by atoms with Gasteiger partial charge in [0.2, 0.25) is 5.91 Å². The summed E-state index contributed by atoms with van der Waals surface area (Å²) in [5.74, 6) is -0.725. The molecule has 0 aliphatic heterocycles. The third-order valence-electron chi connectivity index (χ3n) is 3.42. The van der Waals surface area contributed by atoms with E-state index in [1.54, 1.807) is 25.4 Å². The second-order valence-corrected chi connectivity index (χ2v) is 6.03. The zero-order valence-electron chi connectivity index (χ0n) is 13.7. The minimum Gasteiger partial charge on any atom is -0.494 e. The van der Waals surface area contributed by atoms with Gasteiger partial charge in [0.25, 0.3) is 5.91 Å². The van der Waals surface area contributed by atoms with Crippen molar-refractivity contribution in [2.45, 2.75) is 19.5 Å². The molecule has 132 valence electrons. The molecule has 8 heteroatoms. The van der Waals surface area contributed by atoms with Crippen molar-refractivity contribution in [1.82, 2.24) is 15.6 Å². The maximum atomic E-state index is 12.5. The molecule has 0 fully saturated rings. The van der Waals surface area contributed by atoms with Crippen LogP contribution in [0.5, 0.6) is 5.75 Å². The highest BCUT2D eigenvalue weighted by Crippen LogP contribution is 2.33. The molecule has 0 aliphatic carbocycles. The van der Waals surface area contributed by atoms with E-state index >= 15 is 0 Å². The monoisotopic (exact) mass is 381 g/mol. The van der Waals surface area contributed by atoms with Gasteiger partial charge in [-0.05, 0) is 30.7 Å². The Labute approximate surface area is 155 Å². The largest absolute Gasteiger partial charge is 0.494 e. The highest BCUT2D eigenvalue weighted by molar-refractivity contribution is 6.37. The minimum absolute atomic E-state index is 0.0866. The summed E-state index contributed by atoms with van der Waals surface area (Å²) in [6, 6.07) is 5.87. The van der Waals surface area contributed by atoms with Crippen LogP contribution in [0.3, 0.4) is 0 Å². The summed E-state index contributed by atoms with van der Waals surface area (Å²) >= 11 is 12.1. The Hall–Kier alpha value is -2.31. The Morgan fingerprint density at radius 2 is 1.96 bits per heavy atom. The van der Waals surface area contributed by atoms with Gasteiger partial charge in [0.05, 0.1) is 17.2 Å². The molecule has 6 nitrogen and oxygen atoms in total. The number of hydrogen-bond acceptors (Lipinski definition) is 4. The molecule has 0 unspecified atom stereocenters. The average Bonchev–Trinajstić information content (AvgIpc) is 2.61. The number of nitrogens with zero attached hydrogens (tertiary/aromatic N) is 1. The fourth-order valence-corrected chi connectivity index (χ4v) is 2.59. The number of carbonyl (C=O) groups is 2.